The third kappa shape index (κ3) is 4.17. The molecule has 1 aromatic carbocycles. The second-order valence-corrected chi connectivity index (χ2v) is 7.53. The predicted molar refractivity (Wildman–Crippen MR) is 97.8 cm³/mol. The van der Waals surface area contributed by atoms with E-state index in [1.54, 1.807) is 0 Å². The normalized spacial score (nSPS) is 27.0. The largest absolute Gasteiger partial charge is 0.341 e. The molecule has 0 spiro atoms. The van der Waals surface area contributed by atoms with Gasteiger partial charge < -0.3 is 9.80 Å². The first-order valence-corrected chi connectivity index (χ1v) is 9.43. The molecule has 0 aliphatic carbocycles. The fourth-order valence-electron chi connectivity index (χ4n) is 4.07. The van der Waals surface area contributed by atoms with Gasteiger partial charge in [0, 0.05) is 25.7 Å². The number of rotatable bonds is 4. The number of hydrogen-bond donors (Lipinski definition) is 1. The van der Waals surface area contributed by atoms with Gasteiger partial charge in [0.15, 0.2) is 0 Å². The summed E-state index contributed by atoms with van der Waals surface area (Å²) in [6.45, 7) is 6.30. The van der Waals surface area contributed by atoms with Gasteiger partial charge in [-0.15, -0.1) is 0 Å². The first kappa shape index (κ1) is 17.4. The fraction of sp³-hybridized carbons (Fsp3) is 0.650. The molecule has 2 aliphatic heterocycles. The smallest absolute Gasteiger partial charge is 0.244 e. The van der Waals surface area contributed by atoms with Crippen molar-refractivity contribution in [2.24, 2.45) is 5.92 Å². The van der Waals surface area contributed by atoms with Crippen LogP contribution >= 0.6 is 0 Å². The molecule has 3 rings (SSSR count). The van der Waals surface area contributed by atoms with Gasteiger partial charge in [0.25, 0.3) is 0 Å². The van der Waals surface area contributed by atoms with E-state index in [0.29, 0.717) is 12.0 Å². The van der Waals surface area contributed by atoms with Crippen LogP contribution in [-0.4, -0.2) is 55.0 Å². The molecule has 24 heavy (non-hydrogen) atoms. The van der Waals surface area contributed by atoms with E-state index < -0.39 is 0 Å². The van der Waals surface area contributed by atoms with Crippen LogP contribution in [0.5, 0.6) is 0 Å². The maximum Gasteiger partial charge on any atom is 0.244 e. The molecule has 2 aliphatic rings. The zero-order valence-corrected chi connectivity index (χ0v) is 15.1. The topological polar surface area (TPSA) is 35.6 Å². The van der Waals surface area contributed by atoms with Crippen molar-refractivity contribution in [1.29, 1.82) is 0 Å². The van der Waals surface area contributed by atoms with E-state index in [0.717, 1.165) is 51.0 Å². The summed E-state index contributed by atoms with van der Waals surface area (Å²) >= 11 is 0. The lowest BCUT2D eigenvalue weighted by Gasteiger charge is -2.39. The van der Waals surface area contributed by atoms with E-state index in [1.165, 1.54) is 6.42 Å². The molecule has 0 unspecified atom stereocenters. The fourth-order valence-corrected chi connectivity index (χ4v) is 4.07. The lowest BCUT2D eigenvalue weighted by Crippen LogP contribution is -2.52. The predicted octanol–water partition coefficient (Wildman–Crippen LogP) is 2.67. The number of piperidine rings is 2. The van der Waals surface area contributed by atoms with E-state index >= 15 is 0 Å². The molecule has 2 saturated heterocycles. The molecule has 4 nitrogen and oxygen atoms in total. The molecule has 1 aromatic rings. The summed E-state index contributed by atoms with van der Waals surface area (Å²) in [5, 5.41) is 3.72. The Morgan fingerprint density at radius 3 is 2.50 bits per heavy atom. The van der Waals surface area contributed by atoms with Crippen LogP contribution in [0.2, 0.25) is 0 Å². The number of carbonyl (C=O) groups is 1. The molecular formula is C20H31N3O. The first-order chi connectivity index (χ1) is 11.6. The second-order valence-electron chi connectivity index (χ2n) is 7.53. The molecule has 1 N–H and O–H groups in total. The molecule has 0 radical (unpaired) electrons. The van der Waals surface area contributed by atoms with E-state index in [9.17, 15) is 4.79 Å². The number of hydrogen-bond acceptors (Lipinski definition) is 3. The number of nitrogens with zero attached hydrogens (tertiary/aromatic N) is 2. The highest BCUT2D eigenvalue weighted by molar-refractivity contribution is 5.83. The Balaban J connectivity index is 1.76. The molecule has 0 saturated carbocycles. The van der Waals surface area contributed by atoms with Crippen molar-refractivity contribution in [1.82, 2.24) is 15.1 Å². The quantitative estimate of drug-likeness (QED) is 0.922. The van der Waals surface area contributed by atoms with Crippen LogP contribution in [0.15, 0.2) is 30.3 Å². The van der Waals surface area contributed by atoms with Gasteiger partial charge in [0.1, 0.15) is 6.04 Å². The number of likely N-dealkylation sites (tertiary alicyclic amines) is 2. The second kappa shape index (κ2) is 8.13. The van der Waals surface area contributed by atoms with Crippen LogP contribution in [-0.2, 0) is 4.79 Å². The standard InChI is InChI=1S/C20H31N3O/c1-16-15-22(2)14-11-18(16)21-19(17-9-5-3-6-10-17)20(24)23-12-7-4-8-13-23/h3,5-6,9-10,16,18-19,21H,4,7-8,11-15H2,1-2H3/t16-,18+,19+/m1/s1. The average molecular weight is 329 g/mol. The Kier molecular flexibility index (Phi) is 5.90. The molecule has 4 heteroatoms. The maximum absolute atomic E-state index is 13.2. The van der Waals surface area contributed by atoms with Gasteiger partial charge in [-0.2, -0.15) is 0 Å². The molecule has 0 bridgehead atoms. The Hall–Kier alpha value is -1.39. The van der Waals surface area contributed by atoms with E-state index in [1.807, 2.05) is 18.2 Å². The molecular weight excluding hydrogens is 298 g/mol. The van der Waals surface area contributed by atoms with Crippen LogP contribution in [0.4, 0.5) is 0 Å². The van der Waals surface area contributed by atoms with E-state index in [-0.39, 0.29) is 11.9 Å². The zero-order valence-electron chi connectivity index (χ0n) is 15.1. The minimum Gasteiger partial charge on any atom is -0.341 e. The molecule has 2 heterocycles. The van der Waals surface area contributed by atoms with E-state index in [2.05, 4.69) is 41.2 Å². The van der Waals surface area contributed by atoms with Crippen molar-refractivity contribution in [2.45, 2.75) is 44.7 Å². The van der Waals surface area contributed by atoms with E-state index in [4.69, 9.17) is 0 Å². The summed E-state index contributed by atoms with van der Waals surface area (Å²) in [5.41, 5.74) is 1.10. The van der Waals surface area contributed by atoms with Crippen LogP contribution < -0.4 is 5.32 Å². The van der Waals surface area contributed by atoms with Gasteiger partial charge >= 0.3 is 0 Å². The Morgan fingerprint density at radius 1 is 1.12 bits per heavy atom. The molecule has 3 atom stereocenters. The number of carbonyl (C=O) groups excluding carboxylic acids is 1. The lowest BCUT2D eigenvalue weighted by molar-refractivity contribution is -0.135. The zero-order chi connectivity index (χ0) is 16.9. The SMILES string of the molecule is C[C@@H]1CN(C)CC[C@@H]1N[C@H](C(=O)N1CCCCC1)c1ccccc1. The monoisotopic (exact) mass is 329 g/mol. The van der Waals surface area contributed by atoms with Crippen molar-refractivity contribution in [3.8, 4) is 0 Å². The Morgan fingerprint density at radius 2 is 1.83 bits per heavy atom. The summed E-state index contributed by atoms with van der Waals surface area (Å²) in [7, 11) is 2.18. The summed E-state index contributed by atoms with van der Waals surface area (Å²) in [5.74, 6) is 0.816. The highest BCUT2D eigenvalue weighted by atomic mass is 16.2. The summed E-state index contributed by atoms with van der Waals surface area (Å²) in [4.78, 5) is 17.6. The lowest BCUT2D eigenvalue weighted by atomic mass is 9.92. The van der Waals surface area contributed by atoms with Crippen molar-refractivity contribution in [3.63, 3.8) is 0 Å². The van der Waals surface area contributed by atoms with Gasteiger partial charge in [0.2, 0.25) is 5.91 Å². The molecule has 0 aromatic heterocycles. The van der Waals surface area contributed by atoms with Crippen LogP contribution in [0.1, 0.15) is 44.2 Å². The molecule has 2 fully saturated rings. The van der Waals surface area contributed by atoms with Gasteiger partial charge in [-0.1, -0.05) is 37.3 Å². The highest BCUT2D eigenvalue weighted by Crippen LogP contribution is 2.23. The van der Waals surface area contributed by atoms with Gasteiger partial charge in [0.05, 0.1) is 0 Å². The minimum atomic E-state index is -0.208. The van der Waals surface area contributed by atoms with Crippen LogP contribution in [0.25, 0.3) is 0 Å². The van der Waals surface area contributed by atoms with Gasteiger partial charge in [-0.3, -0.25) is 10.1 Å². The molecule has 132 valence electrons. The Labute approximate surface area is 146 Å². The maximum atomic E-state index is 13.2. The first-order valence-electron chi connectivity index (χ1n) is 9.43. The average Bonchev–Trinajstić information content (AvgIpc) is 2.62. The van der Waals surface area contributed by atoms with Crippen molar-refractivity contribution >= 4 is 5.91 Å². The van der Waals surface area contributed by atoms with Gasteiger partial charge in [-0.25, -0.2) is 0 Å². The number of amides is 1. The summed E-state index contributed by atoms with van der Waals surface area (Å²) < 4.78 is 0. The molecule has 1 amide bonds. The van der Waals surface area contributed by atoms with Crippen molar-refractivity contribution in [2.75, 3.05) is 33.2 Å². The minimum absolute atomic E-state index is 0.208. The summed E-state index contributed by atoms with van der Waals surface area (Å²) in [6.07, 6.45) is 4.63. The van der Waals surface area contributed by atoms with Crippen molar-refractivity contribution in [3.05, 3.63) is 35.9 Å². The highest BCUT2D eigenvalue weighted by Gasteiger charge is 2.32. The van der Waals surface area contributed by atoms with Gasteiger partial charge in [-0.05, 0) is 50.8 Å². The number of benzene rings is 1. The third-order valence-electron chi connectivity index (χ3n) is 5.54. The number of nitrogens with one attached hydrogen (secondary N) is 1. The van der Waals surface area contributed by atoms with Crippen LogP contribution in [0, 0.1) is 5.92 Å². The van der Waals surface area contributed by atoms with Crippen LogP contribution in [0.3, 0.4) is 0 Å². The summed E-state index contributed by atoms with van der Waals surface area (Å²) in [6, 6.07) is 10.4. The Bertz CT molecular complexity index is 527. The third-order valence-corrected chi connectivity index (χ3v) is 5.54. The van der Waals surface area contributed by atoms with Crippen molar-refractivity contribution < 1.29 is 4.79 Å².